The van der Waals surface area contributed by atoms with E-state index in [1.807, 2.05) is 0 Å². The Morgan fingerprint density at radius 3 is 2.62 bits per heavy atom. The predicted molar refractivity (Wildman–Crippen MR) is 46.4 cm³/mol. The number of carbonyl (C=O) groups is 2. The second-order valence-corrected chi connectivity index (χ2v) is 3.04. The van der Waals surface area contributed by atoms with Crippen LogP contribution < -0.4 is 0 Å². The van der Waals surface area contributed by atoms with E-state index < -0.39 is 17.3 Å². The van der Waals surface area contributed by atoms with Gasteiger partial charge in [-0.25, -0.2) is 9.18 Å². The third-order valence-corrected chi connectivity index (χ3v) is 2.32. The molecule has 0 spiro atoms. The maximum atomic E-state index is 12.9. The van der Waals surface area contributed by atoms with Crippen molar-refractivity contribution in [3.63, 3.8) is 0 Å². The Morgan fingerprint density at radius 1 is 1.54 bits per heavy atom. The Hall–Kier alpha value is -1.23. The summed E-state index contributed by atoms with van der Waals surface area (Å²) in [7, 11) is 0. The normalized spacial score (nSPS) is 9.69. The number of carboxylic acid groups (broad SMARTS) is 1. The number of hydrogen-bond acceptors (Lipinski definition) is 2. The smallest absolute Gasteiger partial charge is 0.339 e. The summed E-state index contributed by atoms with van der Waals surface area (Å²) in [4.78, 5) is 20.9. The molecular weight excluding hydrogens is 243 g/mol. The van der Waals surface area contributed by atoms with Crippen LogP contribution in [0.5, 0.6) is 0 Å². The Kier molecular flexibility index (Phi) is 2.77. The highest BCUT2D eigenvalue weighted by Gasteiger charge is 2.16. The highest BCUT2D eigenvalue weighted by atomic mass is 79.9. The van der Waals surface area contributed by atoms with Gasteiger partial charge >= 0.3 is 5.97 Å². The van der Waals surface area contributed by atoms with Crippen LogP contribution in [0.15, 0.2) is 16.6 Å². The molecule has 0 radical (unpaired) electrons. The lowest BCUT2D eigenvalue weighted by molar-refractivity contribution is 0.0691. The molecule has 0 aliphatic heterocycles. The summed E-state index contributed by atoms with van der Waals surface area (Å²) >= 11 is 2.84. The molecule has 0 unspecified atom stereocenters. The van der Waals surface area contributed by atoms with Gasteiger partial charge < -0.3 is 5.11 Å². The van der Waals surface area contributed by atoms with Crippen molar-refractivity contribution in [3.05, 3.63) is 33.5 Å². The number of carboxylic acids is 1. The van der Waals surface area contributed by atoms with Crippen molar-refractivity contribution in [1.82, 2.24) is 0 Å². The quantitative estimate of drug-likeness (QED) is 0.814. The standard InChI is InChI=1S/C8H4BrFO3/c9-7-4(3-11)1-2-5(10)6(7)8(12)13/h1-3H,(H,12,13). The predicted octanol–water partition coefficient (Wildman–Crippen LogP) is 2.10. The Balaban J connectivity index is 3.47. The summed E-state index contributed by atoms with van der Waals surface area (Å²) < 4.78 is 12.9. The third kappa shape index (κ3) is 1.75. The lowest BCUT2D eigenvalue weighted by Crippen LogP contribution is -2.03. The van der Waals surface area contributed by atoms with Crippen LogP contribution in [0.2, 0.25) is 0 Å². The number of aldehydes is 1. The maximum Gasteiger partial charge on any atom is 0.339 e. The summed E-state index contributed by atoms with van der Waals surface area (Å²) in [6, 6.07) is 2.15. The Morgan fingerprint density at radius 2 is 2.15 bits per heavy atom. The van der Waals surface area contributed by atoms with Gasteiger partial charge in [-0.15, -0.1) is 0 Å². The maximum absolute atomic E-state index is 12.9. The zero-order chi connectivity index (χ0) is 10.0. The SMILES string of the molecule is O=Cc1ccc(F)c(C(=O)O)c1Br. The summed E-state index contributed by atoms with van der Waals surface area (Å²) in [5.41, 5.74) is -0.414. The van der Waals surface area contributed by atoms with Crippen molar-refractivity contribution in [2.24, 2.45) is 0 Å². The number of benzene rings is 1. The van der Waals surface area contributed by atoms with E-state index in [2.05, 4.69) is 15.9 Å². The molecule has 0 amide bonds. The summed E-state index contributed by atoms with van der Waals surface area (Å²) in [6.07, 6.45) is 0.454. The van der Waals surface area contributed by atoms with Crippen LogP contribution in [0.25, 0.3) is 0 Å². The minimum atomic E-state index is -1.41. The second kappa shape index (κ2) is 3.66. The number of aromatic carboxylic acids is 1. The average Bonchev–Trinajstić information content (AvgIpc) is 2.04. The van der Waals surface area contributed by atoms with Gasteiger partial charge in [-0.05, 0) is 28.1 Å². The minimum absolute atomic E-state index is 0.0324. The zero-order valence-electron chi connectivity index (χ0n) is 6.25. The highest BCUT2D eigenvalue weighted by molar-refractivity contribution is 9.10. The van der Waals surface area contributed by atoms with Crippen LogP contribution in [0, 0.1) is 5.82 Å². The molecule has 5 heteroatoms. The van der Waals surface area contributed by atoms with Gasteiger partial charge in [0, 0.05) is 10.0 Å². The second-order valence-electron chi connectivity index (χ2n) is 2.25. The van der Waals surface area contributed by atoms with Crippen LogP contribution in [-0.4, -0.2) is 17.4 Å². The van der Waals surface area contributed by atoms with Crippen molar-refractivity contribution in [3.8, 4) is 0 Å². The first-order valence-electron chi connectivity index (χ1n) is 3.24. The van der Waals surface area contributed by atoms with Crippen LogP contribution in [0.4, 0.5) is 4.39 Å². The van der Waals surface area contributed by atoms with Gasteiger partial charge in [0.15, 0.2) is 6.29 Å². The van der Waals surface area contributed by atoms with E-state index in [-0.39, 0.29) is 10.0 Å². The van der Waals surface area contributed by atoms with Crippen LogP contribution in [-0.2, 0) is 0 Å². The molecule has 0 aromatic heterocycles. The molecule has 0 saturated heterocycles. The van der Waals surface area contributed by atoms with Gasteiger partial charge in [-0.1, -0.05) is 0 Å². The Bertz CT molecular complexity index is 376. The van der Waals surface area contributed by atoms with Gasteiger partial charge in [-0.3, -0.25) is 4.79 Å². The first-order chi connectivity index (χ1) is 6.07. The fourth-order valence-electron chi connectivity index (χ4n) is 0.856. The molecule has 0 saturated carbocycles. The van der Waals surface area contributed by atoms with E-state index >= 15 is 0 Å². The molecule has 0 fully saturated rings. The first kappa shape index (κ1) is 9.85. The van der Waals surface area contributed by atoms with E-state index in [9.17, 15) is 14.0 Å². The average molecular weight is 247 g/mol. The molecule has 1 aromatic rings. The topological polar surface area (TPSA) is 54.4 Å². The molecule has 1 rings (SSSR count). The zero-order valence-corrected chi connectivity index (χ0v) is 7.84. The highest BCUT2D eigenvalue weighted by Crippen LogP contribution is 2.23. The Labute approximate surface area is 81.3 Å². The number of rotatable bonds is 2. The molecule has 13 heavy (non-hydrogen) atoms. The van der Waals surface area contributed by atoms with Crippen molar-refractivity contribution in [2.45, 2.75) is 0 Å². The lowest BCUT2D eigenvalue weighted by atomic mass is 10.1. The van der Waals surface area contributed by atoms with Gasteiger partial charge in [-0.2, -0.15) is 0 Å². The van der Waals surface area contributed by atoms with Crippen molar-refractivity contribution in [1.29, 1.82) is 0 Å². The lowest BCUT2D eigenvalue weighted by Gasteiger charge is -2.02. The van der Waals surface area contributed by atoms with Gasteiger partial charge in [0.1, 0.15) is 11.4 Å². The molecule has 0 atom stereocenters. The molecule has 1 aromatic carbocycles. The molecule has 3 nitrogen and oxygen atoms in total. The van der Waals surface area contributed by atoms with Gasteiger partial charge in [0.05, 0.1) is 0 Å². The summed E-state index contributed by atoms with van der Waals surface area (Å²) in [5.74, 6) is -2.28. The van der Waals surface area contributed by atoms with Gasteiger partial charge in [0.25, 0.3) is 0 Å². The van der Waals surface area contributed by atoms with E-state index in [1.165, 1.54) is 6.07 Å². The van der Waals surface area contributed by atoms with E-state index in [1.54, 1.807) is 0 Å². The molecule has 68 valence electrons. The van der Waals surface area contributed by atoms with E-state index in [4.69, 9.17) is 5.11 Å². The molecular formula is C8H4BrFO3. The van der Waals surface area contributed by atoms with Gasteiger partial charge in [0.2, 0.25) is 0 Å². The number of hydrogen-bond donors (Lipinski definition) is 1. The fraction of sp³-hybridized carbons (Fsp3) is 0. The molecule has 0 bridgehead atoms. The van der Waals surface area contributed by atoms with Crippen LogP contribution in [0.3, 0.4) is 0 Å². The largest absolute Gasteiger partial charge is 0.478 e. The number of carbonyl (C=O) groups excluding carboxylic acids is 1. The molecule has 0 aliphatic carbocycles. The monoisotopic (exact) mass is 246 g/mol. The van der Waals surface area contributed by atoms with Crippen molar-refractivity contribution < 1.29 is 19.1 Å². The third-order valence-electron chi connectivity index (χ3n) is 1.46. The van der Waals surface area contributed by atoms with Crippen molar-refractivity contribution >= 4 is 28.2 Å². The minimum Gasteiger partial charge on any atom is -0.478 e. The summed E-state index contributed by atoms with van der Waals surface area (Å²) in [6.45, 7) is 0. The van der Waals surface area contributed by atoms with E-state index in [0.717, 1.165) is 6.07 Å². The molecule has 1 N–H and O–H groups in total. The van der Waals surface area contributed by atoms with Crippen molar-refractivity contribution in [2.75, 3.05) is 0 Å². The van der Waals surface area contributed by atoms with E-state index in [0.29, 0.717) is 6.29 Å². The molecule has 0 heterocycles. The number of halogens is 2. The van der Waals surface area contributed by atoms with Crippen LogP contribution >= 0.6 is 15.9 Å². The fourth-order valence-corrected chi connectivity index (χ4v) is 1.44. The first-order valence-corrected chi connectivity index (χ1v) is 4.03. The van der Waals surface area contributed by atoms with Crippen LogP contribution in [0.1, 0.15) is 20.7 Å². The molecule has 0 aliphatic rings. The summed E-state index contributed by atoms with van der Waals surface area (Å²) in [5, 5.41) is 8.58.